The number of rotatable bonds is 12. The minimum absolute atomic E-state index is 0.0960. The van der Waals surface area contributed by atoms with Crippen molar-refractivity contribution >= 4 is 34.1 Å². The van der Waals surface area contributed by atoms with Gasteiger partial charge in [-0.2, -0.15) is 5.10 Å². The summed E-state index contributed by atoms with van der Waals surface area (Å²) in [5.74, 6) is -0.547. The van der Waals surface area contributed by atoms with Gasteiger partial charge in [0.1, 0.15) is 5.75 Å². The number of halogens is 4. The Hall–Kier alpha value is -3.83. The summed E-state index contributed by atoms with van der Waals surface area (Å²) in [6.45, 7) is 1.93. The molecule has 0 aliphatic carbocycles. The van der Waals surface area contributed by atoms with Gasteiger partial charge < -0.3 is 20.7 Å². The van der Waals surface area contributed by atoms with Gasteiger partial charge in [0.25, 0.3) is 0 Å². The smallest absolute Gasteiger partial charge is 0.404 e. The van der Waals surface area contributed by atoms with E-state index < -0.39 is 12.1 Å². The van der Waals surface area contributed by atoms with Gasteiger partial charge in [-0.1, -0.05) is 17.7 Å². The van der Waals surface area contributed by atoms with Crippen LogP contribution in [0, 0.1) is 0 Å². The molecule has 4 aromatic rings. The second-order valence-corrected chi connectivity index (χ2v) is 8.87. The number of anilines is 1. The quantitative estimate of drug-likeness (QED) is 0.180. The van der Waals surface area contributed by atoms with Crippen LogP contribution in [0.25, 0.3) is 22.0 Å². The lowest BCUT2D eigenvalue weighted by Gasteiger charge is -2.12. The molecule has 0 radical (unpaired) electrons. The van der Waals surface area contributed by atoms with Crippen molar-refractivity contribution in [1.29, 1.82) is 0 Å². The summed E-state index contributed by atoms with van der Waals surface area (Å²) in [5, 5.41) is 17.4. The van der Waals surface area contributed by atoms with Crippen molar-refractivity contribution in [2.75, 3.05) is 25.0 Å². The van der Waals surface area contributed by atoms with Crippen LogP contribution in [-0.2, 0) is 11.3 Å². The molecule has 0 unspecified atom stereocenters. The predicted molar refractivity (Wildman–Crippen MR) is 140 cm³/mol. The first-order chi connectivity index (χ1) is 18.3. The average molecular weight is 547 g/mol. The molecule has 4 N–H and O–H groups in total. The molecule has 0 atom stereocenters. The molecule has 0 aliphatic rings. The molecule has 0 aliphatic heterocycles. The SMILES string of the molecule is O=C(CCNCc1ccc(OC(F)(F)F)c(Cl)c1)NCCCNc1cc(-c2ccncc2)cc2[nH]ncc12. The number of ether oxygens (including phenoxy) is 1. The highest BCUT2D eigenvalue weighted by molar-refractivity contribution is 6.32. The summed E-state index contributed by atoms with van der Waals surface area (Å²) in [7, 11) is 0. The second kappa shape index (κ2) is 12.6. The zero-order valence-electron chi connectivity index (χ0n) is 20.2. The minimum Gasteiger partial charge on any atom is -0.404 e. The number of carbonyl (C=O) groups is 1. The third kappa shape index (κ3) is 7.83. The summed E-state index contributed by atoms with van der Waals surface area (Å²) >= 11 is 5.85. The number of carbonyl (C=O) groups excluding carboxylic acids is 1. The highest BCUT2D eigenvalue weighted by Gasteiger charge is 2.32. The predicted octanol–water partition coefficient (Wildman–Crippen LogP) is 5.28. The maximum Gasteiger partial charge on any atom is 0.573 e. The molecule has 0 bridgehead atoms. The van der Waals surface area contributed by atoms with Crippen molar-refractivity contribution in [3.05, 3.63) is 71.6 Å². The number of nitrogens with one attached hydrogen (secondary N) is 4. The van der Waals surface area contributed by atoms with Crippen LogP contribution in [0.15, 0.2) is 61.1 Å². The van der Waals surface area contributed by atoms with Gasteiger partial charge in [-0.15, -0.1) is 13.2 Å². The molecule has 0 saturated carbocycles. The fraction of sp³-hybridized carbons (Fsp3) is 0.269. The van der Waals surface area contributed by atoms with Crippen molar-refractivity contribution in [2.24, 2.45) is 0 Å². The van der Waals surface area contributed by atoms with Crippen LogP contribution in [0.2, 0.25) is 5.02 Å². The van der Waals surface area contributed by atoms with E-state index in [0.29, 0.717) is 31.7 Å². The Bertz CT molecular complexity index is 1360. The van der Waals surface area contributed by atoms with Crippen molar-refractivity contribution in [3.63, 3.8) is 0 Å². The summed E-state index contributed by atoms with van der Waals surface area (Å²) in [6.07, 6.45) is 1.47. The minimum atomic E-state index is -4.80. The van der Waals surface area contributed by atoms with E-state index in [-0.39, 0.29) is 17.4 Å². The lowest BCUT2D eigenvalue weighted by atomic mass is 10.0. The first-order valence-corrected chi connectivity index (χ1v) is 12.3. The van der Waals surface area contributed by atoms with Crippen LogP contribution in [0.1, 0.15) is 18.4 Å². The lowest BCUT2D eigenvalue weighted by molar-refractivity contribution is -0.274. The number of alkyl halides is 3. The Morgan fingerprint density at radius 1 is 1.03 bits per heavy atom. The van der Waals surface area contributed by atoms with Gasteiger partial charge in [-0.3, -0.25) is 14.9 Å². The maximum absolute atomic E-state index is 12.3. The second-order valence-electron chi connectivity index (χ2n) is 8.46. The standard InChI is InChI=1S/C26H26ClF3N6O2/c27-21-12-17(2-3-24(21)38-26(28,29)30)15-32-11-6-25(37)34-8-1-7-33-22-13-19(18-4-9-31-10-5-18)14-23-20(22)16-35-36-23/h2-5,9-10,12-14,16,32-33H,1,6-8,11,15H2,(H,34,37)(H,35,36). The topological polar surface area (TPSA) is 104 Å². The molecule has 4 rings (SSSR count). The Labute approximate surface area is 221 Å². The van der Waals surface area contributed by atoms with Gasteiger partial charge in [0.2, 0.25) is 5.91 Å². The number of aromatic amines is 1. The lowest BCUT2D eigenvalue weighted by Crippen LogP contribution is -2.29. The molecule has 2 heterocycles. The number of pyridine rings is 1. The van der Waals surface area contributed by atoms with Gasteiger partial charge in [0.15, 0.2) is 0 Å². The van der Waals surface area contributed by atoms with Crippen molar-refractivity contribution in [2.45, 2.75) is 25.7 Å². The van der Waals surface area contributed by atoms with Crippen LogP contribution < -0.4 is 20.7 Å². The van der Waals surface area contributed by atoms with Crippen LogP contribution in [0.5, 0.6) is 5.75 Å². The third-order valence-electron chi connectivity index (χ3n) is 5.64. The van der Waals surface area contributed by atoms with Gasteiger partial charge in [-0.25, -0.2) is 0 Å². The molecule has 38 heavy (non-hydrogen) atoms. The first kappa shape index (κ1) is 27.2. The van der Waals surface area contributed by atoms with Crippen molar-refractivity contribution in [1.82, 2.24) is 25.8 Å². The molecule has 8 nitrogen and oxygen atoms in total. The molecule has 2 aromatic carbocycles. The van der Waals surface area contributed by atoms with E-state index in [1.165, 1.54) is 18.2 Å². The fourth-order valence-electron chi connectivity index (χ4n) is 3.83. The van der Waals surface area contributed by atoms with E-state index in [1.807, 2.05) is 18.2 Å². The highest BCUT2D eigenvalue weighted by atomic mass is 35.5. The summed E-state index contributed by atoms with van der Waals surface area (Å²) in [5.41, 5.74) is 4.65. The molecule has 0 saturated heterocycles. The number of fused-ring (bicyclic) bond motifs is 1. The third-order valence-corrected chi connectivity index (χ3v) is 5.94. The Morgan fingerprint density at radius 3 is 2.61 bits per heavy atom. The van der Waals surface area contributed by atoms with E-state index in [0.717, 1.165) is 34.1 Å². The van der Waals surface area contributed by atoms with Crippen LogP contribution in [0.3, 0.4) is 0 Å². The largest absolute Gasteiger partial charge is 0.573 e. The van der Waals surface area contributed by atoms with Gasteiger partial charge in [0, 0.05) is 56.1 Å². The molecular formula is C26H26ClF3N6O2. The number of amides is 1. The Balaban J connectivity index is 1.15. The molecule has 12 heteroatoms. The van der Waals surface area contributed by atoms with Crippen molar-refractivity contribution < 1.29 is 22.7 Å². The molecule has 0 fully saturated rings. The number of hydrogen-bond acceptors (Lipinski definition) is 6. The Morgan fingerprint density at radius 2 is 1.84 bits per heavy atom. The molecule has 2 aromatic heterocycles. The summed E-state index contributed by atoms with van der Waals surface area (Å²) in [6, 6.07) is 12.1. The summed E-state index contributed by atoms with van der Waals surface area (Å²) in [4.78, 5) is 16.2. The Kier molecular flexibility index (Phi) is 9.03. The highest BCUT2D eigenvalue weighted by Crippen LogP contribution is 2.31. The maximum atomic E-state index is 12.3. The van der Waals surface area contributed by atoms with Crippen molar-refractivity contribution in [3.8, 4) is 16.9 Å². The number of benzene rings is 2. The first-order valence-electron chi connectivity index (χ1n) is 11.9. The van der Waals surface area contributed by atoms with Crippen LogP contribution in [0.4, 0.5) is 18.9 Å². The number of aromatic nitrogens is 3. The van der Waals surface area contributed by atoms with E-state index in [1.54, 1.807) is 18.6 Å². The van der Waals surface area contributed by atoms with Crippen LogP contribution in [-0.4, -0.2) is 47.1 Å². The average Bonchev–Trinajstić information content (AvgIpc) is 3.37. The van der Waals surface area contributed by atoms with E-state index in [9.17, 15) is 18.0 Å². The van der Waals surface area contributed by atoms with Crippen LogP contribution >= 0.6 is 11.6 Å². The van der Waals surface area contributed by atoms with Gasteiger partial charge in [-0.05, 0) is 59.5 Å². The molecule has 0 spiro atoms. The molecule has 200 valence electrons. The van der Waals surface area contributed by atoms with Gasteiger partial charge >= 0.3 is 6.36 Å². The number of hydrogen-bond donors (Lipinski definition) is 4. The normalized spacial score (nSPS) is 11.5. The van der Waals surface area contributed by atoms with E-state index in [4.69, 9.17) is 11.6 Å². The van der Waals surface area contributed by atoms with Gasteiger partial charge in [0.05, 0.1) is 16.7 Å². The number of H-pyrrole nitrogens is 1. The number of nitrogens with zero attached hydrogens (tertiary/aromatic N) is 2. The molecular weight excluding hydrogens is 521 g/mol. The monoisotopic (exact) mass is 546 g/mol. The van der Waals surface area contributed by atoms with E-state index >= 15 is 0 Å². The fourth-order valence-corrected chi connectivity index (χ4v) is 4.07. The zero-order valence-corrected chi connectivity index (χ0v) is 21.0. The summed E-state index contributed by atoms with van der Waals surface area (Å²) < 4.78 is 40.8. The zero-order chi connectivity index (χ0) is 27.0. The molecule has 1 amide bonds. The van der Waals surface area contributed by atoms with E-state index in [2.05, 4.69) is 41.9 Å².